The highest BCUT2D eigenvalue weighted by atomic mass is 15.4. The van der Waals surface area contributed by atoms with Gasteiger partial charge in [-0.25, -0.2) is 0 Å². The normalized spacial score (nSPS) is 31.5. The first-order valence-electron chi connectivity index (χ1n) is 4.49. The van der Waals surface area contributed by atoms with E-state index in [0.29, 0.717) is 12.1 Å². The predicted molar refractivity (Wildman–Crippen MR) is 50.2 cm³/mol. The average Bonchev–Trinajstić information content (AvgIpc) is 2.04. The molecule has 0 aromatic carbocycles. The molecular formula is C8H18N4-2. The molecule has 0 saturated heterocycles. The Balaban J connectivity index is 2.30. The Morgan fingerprint density at radius 1 is 0.833 bits per heavy atom. The van der Waals surface area contributed by atoms with Gasteiger partial charge in [0.15, 0.2) is 0 Å². The molecule has 0 aromatic rings. The maximum Gasteiger partial charge on any atom is -0.00804 e. The van der Waals surface area contributed by atoms with Crippen LogP contribution in [0, 0.1) is 0 Å². The molecule has 1 aliphatic carbocycles. The molecule has 0 bridgehead atoms. The quantitative estimate of drug-likeness (QED) is 0.596. The van der Waals surface area contributed by atoms with Crippen molar-refractivity contribution in [2.45, 2.75) is 37.8 Å². The second-order valence-corrected chi connectivity index (χ2v) is 3.68. The van der Waals surface area contributed by atoms with Gasteiger partial charge in [-0.3, -0.25) is 0 Å². The van der Waals surface area contributed by atoms with Crippen molar-refractivity contribution in [3.63, 3.8) is 0 Å². The molecular weight excluding hydrogens is 152 g/mol. The minimum atomic E-state index is 0.418. The van der Waals surface area contributed by atoms with Gasteiger partial charge in [0.2, 0.25) is 0 Å². The van der Waals surface area contributed by atoms with Gasteiger partial charge in [-0.15, -0.1) is 0 Å². The highest BCUT2D eigenvalue weighted by Crippen LogP contribution is 2.24. The summed E-state index contributed by atoms with van der Waals surface area (Å²) in [6.45, 7) is 0. The smallest absolute Gasteiger partial charge is 0.00804 e. The SMILES string of the molecule is CN([NH-])C1CCC(N(C)[NH-])CC1. The van der Waals surface area contributed by atoms with E-state index in [-0.39, 0.29) is 0 Å². The van der Waals surface area contributed by atoms with Crippen LogP contribution >= 0.6 is 0 Å². The summed E-state index contributed by atoms with van der Waals surface area (Å²) < 4.78 is 0. The summed E-state index contributed by atoms with van der Waals surface area (Å²) in [7, 11) is 3.63. The van der Waals surface area contributed by atoms with Gasteiger partial charge in [0.05, 0.1) is 0 Å². The van der Waals surface area contributed by atoms with E-state index < -0.39 is 0 Å². The van der Waals surface area contributed by atoms with Crippen molar-refractivity contribution in [1.82, 2.24) is 10.0 Å². The van der Waals surface area contributed by atoms with Crippen LogP contribution in [0.4, 0.5) is 0 Å². The molecule has 0 aromatic heterocycles. The van der Waals surface area contributed by atoms with E-state index in [2.05, 4.69) is 0 Å². The summed E-state index contributed by atoms with van der Waals surface area (Å²) in [6, 6.07) is 0.836. The first kappa shape index (κ1) is 9.92. The molecule has 0 amide bonds. The van der Waals surface area contributed by atoms with Crippen LogP contribution in [-0.2, 0) is 0 Å². The number of nitrogens with zero attached hydrogens (tertiary/aromatic N) is 2. The summed E-state index contributed by atoms with van der Waals surface area (Å²) in [5.74, 6) is 14.8. The Bertz CT molecular complexity index is 111. The Labute approximate surface area is 74.4 Å². The molecule has 1 rings (SSSR count). The zero-order valence-electron chi connectivity index (χ0n) is 7.88. The van der Waals surface area contributed by atoms with Gasteiger partial charge in [0.25, 0.3) is 0 Å². The second-order valence-electron chi connectivity index (χ2n) is 3.68. The Morgan fingerprint density at radius 3 is 1.25 bits per heavy atom. The standard InChI is InChI=1S/C8H18N4/c1-11(9)7-3-5-8(6-4-7)12(2)10/h7-10H,3-6H2,1-2H3/q-2. The van der Waals surface area contributed by atoms with Gasteiger partial charge in [0.1, 0.15) is 0 Å². The zero-order valence-corrected chi connectivity index (χ0v) is 7.88. The Hall–Kier alpha value is -0.160. The third kappa shape index (κ3) is 2.42. The number of hydrogen-bond acceptors (Lipinski definition) is 2. The van der Waals surface area contributed by atoms with Crippen LogP contribution in [0.15, 0.2) is 0 Å². The molecule has 0 heterocycles. The van der Waals surface area contributed by atoms with E-state index in [0.717, 1.165) is 25.7 Å². The number of nitrogens with one attached hydrogen (secondary N) is 2. The van der Waals surface area contributed by atoms with E-state index in [1.807, 2.05) is 14.1 Å². The van der Waals surface area contributed by atoms with Gasteiger partial charge in [-0.1, -0.05) is 0 Å². The number of rotatable bonds is 2. The topological polar surface area (TPSA) is 54.1 Å². The molecule has 0 atom stereocenters. The molecule has 72 valence electrons. The summed E-state index contributed by atoms with van der Waals surface area (Å²) in [6.07, 6.45) is 4.25. The fourth-order valence-electron chi connectivity index (χ4n) is 1.83. The van der Waals surface area contributed by atoms with Crippen molar-refractivity contribution in [1.29, 1.82) is 0 Å². The molecule has 1 fully saturated rings. The third-order valence-electron chi connectivity index (χ3n) is 2.76. The second kappa shape index (κ2) is 4.18. The van der Waals surface area contributed by atoms with Gasteiger partial charge in [0, 0.05) is 0 Å². The van der Waals surface area contributed by atoms with Crippen molar-refractivity contribution < 1.29 is 0 Å². The lowest BCUT2D eigenvalue weighted by Gasteiger charge is -2.42. The lowest BCUT2D eigenvalue weighted by atomic mass is 9.91. The molecule has 4 heteroatoms. The Morgan fingerprint density at radius 2 is 1.08 bits per heavy atom. The van der Waals surface area contributed by atoms with Crippen molar-refractivity contribution in [2.24, 2.45) is 0 Å². The lowest BCUT2D eigenvalue weighted by molar-refractivity contribution is 0.179. The summed E-state index contributed by atoms with van der Waals surface area (Å²) in [4.78, 5) is 0. The van der Waals surface area contributed by atoms with E-state index in [1.165, 1.54) is 0 Å². The molecule has 2 N–H and O–H groups in total. The summed E-state index contributed by atoms with van der Waals surface area (Å²) in [5, 5.41) is 3.11. The first-order chi connectivity index (χ1) is 5.61. The van der Waals surface area contributed by atoms with Gasteiger partial charge in [-0.2, -0.15) is 0 Å². The molecule has 0 unspecified atom stereocenters. The molecule has 0 aliphatic heterocycles. The van der Waals surface area contributed by atoms with Crippen LogP contribution in [0.2, 0.25) is 0 Å². The average molecular weight is 170 g/mol. The highest BCUT2D eigenvalue weighted by molar-refractivity contribution is 4.82. The largest absolute Gasteiger partial charge is 0.610 e. The minimum absolute atomic E-state index is 0.418. The maximum absolute atomic E-state index is 7.42. The lowest BCUT2D eigenvalue weighted by Crippen LogP contribution is -2.36. The van der Waals surface area contributed by atoms with Crippen LogP contribution in [0.1, 0.15) is 25.7 Å². The monoisotopic (exact) mass is 170 g/mol. The summed E-state index contributed by atoms with van der Waals surface area (Å²) in [5.41, 5.74) is 0. The van der Waals surface area contributed by atoms with E-state index in [4.69, 9.17) is 11.7 Å². The van der Waals surface area contributed by atoms with E-state index >= 15 is 0 Å². The predicted octanol–water partition coefficient (Wildman–Crippen LogP) is 2.10. The molecule has 12 heavy (non-hydrogen) atoms. The van der Waals surface area contributed by atoms with Crippen molar-refractivity contribution in [2.75, 3.05) is 14.1 Å². The Kier molecular flexibility index (Phi) is 3.46. The molecule has 1 saturated carbocycles. The van der Waals surface area contributed by atoms with Gasteiger partial charge < -0.3 is 21.7 Å². The van der Waals surface area contributed by atoms with Crippen LogP contribution in [-0.4, -0.2) is 36.2 Å². The fourth-order valence-corrected chi connectivity index (χ4v) is 1.83. The molecule has 0 radical (unpaired) electrons. The summed E-state index contributed by atoms with van der Waals surface area (Å²) >= 11 is 0. The van der Waals surface area contributed by atoms with Gasteiger partial charge in [-0.05, 0) is 51.9 Å². The van der Waals surface area contributed by atoms with Gasteiger partial charge >= 0.3 is 0 Å². The highest BCUT2D eigenvalue weighted by Gasteiger charge is 2.19. The van der Waals surface area contributed by atoms with Crippen molar-refractivity contribution in [3.05, 3.63) is 11.7 Å². The van der Waals surface area contributed by atoms with Crippen molar-refractivity contribution >= 4 is 0 Å². The van der Waals surface area contributed by atoms with Crippen molar-refractivity contribution in [3.8, 4) is 0 Å². The third-order valence-corrected chi connectivity index (χ3v) is 2.76. The van der Waals surface area contributed by atoms with Crippen LogP contribution in [0.25, 0.3) is 11.7 Å². The molecule has 0 spiro atoms. The number of hydrogen-bond donors (Lipinski definition) is 0. The maximum atomic E-state index is 7.42. The zero-order chi connectivity index (χ0) is 9.14. The molecule has 1 aliphatic rings. The molecule has 4 nitrogen and oxygen atoms in total. The van der Waals surface area contributed by atoms with Crippen LogP contribution in [0.5, 0.6) is 0 Å². The minimum Gasteiger partial charge on any atom is -0.610 e. The van der Waals surface area contributed by atoms with Crippen LogP contribution < -0.4 is 0 Å². The fraction of sp³-hybridized carbons (Fsp3) is 1.00. The first-order valence-corrected chi connectivity index (χ1v) is 4.49. The van der Waals surface area contributed by atoms with Crippen LogP contribution in [0.3, 0.4) is 0 Å². The van der Waals surface area contributed by atoms with E-state index in [1.54, 1.807) is 10.0 Å². The van der Waals surface area contributed by atoms with E-state index in [9.17, 15) is 0 Å².